The Bertz CT molecular complexity index is 636. The molecule has 22 heavy (non-hydrogen) atoms. The molecule has 2 aromatic rings. The Kier molecular flexibility index (Phi) is 4.59. The number of amides is 1. The van der Waals surface area contributed by atoms with Gasteiger partial charge in [0.05, 0.1) is 12.0 Å². The van der Waals surface area contributed by atoms with Gasteiger partial charge in [0, 0.05) is 17.8 Å². The minimum absolute atomic E-state index is 0.0604. The zero-order chi connectivity index (χ0) is 15.5. The van der Waals surface area contributed by atoms with Crippen molar-refractivity contribution in [3.05, 3.63) is 44.8 Å². The van der Waals surface area contributed by atoms with Crippen LogP contribution in [0.3, 0.4) is 0 Å². The summed E-state index contributed by atoms with van der Waals surface area (Å²) in [5, 5.41) is 15.4. The lowest BCUT2D eigenvalue weighted by molar-refractivity contribution is -0.152. The highest BCUT2D eigenvalue weighted by molar-refractivity contribution is 7.09. The monoisotopic (exact) mass is 335 g/mol. The van der Waals surface area contributed by atoms with Crippen molar-refractivity contribution in [3.63, 3.8) is 0 Å². The fourth-order valence-corrected chi connectivity index (χ4v) is 4.40. The van der Waals surface area contributed by atoms with Crippen LogP contribution in [-0.2, 0) is 16.0 Å². The van der Waals surface area contributed by atoms with Crippen LogP contribution in [0.15, 0.2) is 34.3 Å². The molecule has 2 aromatic heterocycles. The van der Waals surface area contributed by atoms with Gasteiger partial charge in [0.1, 0.15) is 0 Å². The maximum Gasteiger partial charge on any atom is 0.308 e. The second kappa shape index (κ2) is 6.62. The third-order valence-electron chi connectivity index (χ3n) is 4.09. The molecule has 1 N–H and O–H groups in total. The Morgan fingerprint density at radius 1 is 1.36 bits per heavy atom. The molecule has 0 bridgehead atoms. The number of hydrogen-bond donors (Lipinski definition) is 1. The molecule has 0 saturated carbocycles. The van der Waals surface area contributed by atoms with Gasteiger partial charge in [-0.2, -0.15) is 11.3 Å². The van der Waals surface area contributed by atoms with Gasteiger partial charge >= 0.3 is 5.97 Å². The van der Waals surface area contributed by atoms with Crippen molar-refractivity contribution in [2.75, 3.05) is 6.54 Å². The minimum atomic E-state index is -0.815. The van der Waals surface area contributed by atoms with Gasteiger partial charge in [0.25, 0.3) is 0 Å². The van der Waals surface area contributed by atoms with E-state index in [1.807, 2.05) is 34.3 Å². The zero-order valence-electron chi connectivity index (χ0n) is 12.0. The maximum absolute atomic E-state index is 12.4. The summed E-state index contributed by atoms with van der Waals surface area (Å²) in [6, 6.07) is 5.63. The Morgan fingerprint density at radius 3 is 2.86 bits per heavy atom. The molecule has 0 aromatic carbocycles. The Morgan fingerprint density at radius 2 is 2.23 bits per heavy atom. The molecule has 116 valence electrons. The Hall–Kier alpha value is -1.66. The highest BCUT2D eigenvalue weighted by Gasteiger charge is 2.40. The van der Waals surface area contributed by atoms with E-state index in [1.54, 1.807) is 16.2 Å². The van der Waals surface area contributed by atoms with Gasteiger partial charge in [-0.1, -0.05) is 6.07 Å². The highest BCUT2D eigenvalue weighted by atomic mass is 32.1. The van der Waals surface area contributed by atoms with Crippen molar-refractivity contribution in [2.24, 2.45) is 5.92 Å². The summed E-state index contributed by atoms with van der Waals surface area (Å²) in [6.07, 6.45) is 1.52. The first kappa shape index (κ1) is 15.2. The smallest absolute Gasteiger partial charge is 0.308 e. The van der Waals surface area contributed by atoms with Gasteiger partial charge in [-0.3, -0.25) is 9.59 Å². The molecule has 4 nitrogen and oxygen atoms in total. The number of carboxylic acid groups (broad SMARTS) is 1. The number of rotatable bonds is 5. The van der Waals surface area contributed by atoms with E-state index < -0.39 is 11.9 Å². The van der Waals surface area contributed by atoms with Crippen LogP contribution in [0.5, 0.6) is 0 Å². The van der Waals surface area contributed by atoms with E-state index in [9.17, 15) is 14.7 Å². The number of aliphatic carboxylic acids is 1. The van der Waals surface area contributed by atoms with Crippen LogP contribution in [-0.4, -0.2) is 28.4 Å². The summed E-state index contributed by atoms with van der Waals surface area (Å²) in [5.74, 6) is -1.27. The summed E-state index contributed by atoms with van der Waals surface area (Å²) in [4.78, 5) is 27.0. The van der Waals surface area contributed by atoms with Gasteiger partial charge in [-0.25, -0.2) is 0 Å². The van der Waals surface area contributed by atoms with Crippen LogP contribution < -0.4 is 0 Å². The molecule has 1 fully saturated rings. The molecule has 1 aliphatic heterocycles. The quantitative estimate of drug-likeness (QED) is 0.911. The van der Waals surface area contributed by atoms with E-state index in [1.165, 1.54) is 16.2 Å². The van der Waals surface area contributed by atoms with E-state index in [4.69, 9.17) is 0 Å². The second-order valence-corrected chi connectivity index (χ2v) is 7.21. The van der Waals surface area contributed by atoms with Crippen molar-refractivity contribution in [1.29, 1.82) is 0 Å². The number of nitrogens with zero attached hydrogens (tertiary/aromatic N) is 1. The van der Waals surface area contributed by atoms with E-state index in [0.717, 1.165) is 12.0 Å². The first-order valence-electron chi connectivity index (χ1n) is 7.23. The molecule has 0 aliphatic carbocycles. The lowest BCUT2D eigenvalue weighted by Gasteiger charge is -2.39. The Labute approximate surface area is 137 Å². The Balaban J connectivity index is 1.85. The molecule has 1 saturated heterocycles. The van der Waals surface area contributed by atoms with Crippen LogP contribution in [0.25, 0.3) is 0 Å². The van der Waals surface area contributed by atoms with Crippen molar-refractivity contribution in [2.45, 2.75) is 25.3 Å². The van der Waals surface area contributed by atoms with Crippen molar-refractivity contribution >= 4 is 34.6 Å². The van der Waals surface area contributed by atoms with Crippen LogP contribution in [0.1, 0.15) is 29.3 Å². The average molecular weight is 335 g/mol. The molecule has 0 spiro atoms. The van der Waals surface area contributed by atoms with Crippen molar-refractivity contribution < 1.29 is 14.7 Å². The van der Waals surface area contributed by atoms with Crippen LogP contribution in [0, 0.1) is 5.92 Å². The molecular weight excluding hydrogens is 318 g/mol. The summed E-state index contributed by atoms with van der Waals surface area (Å²) in [6.45, 7) is 0.573. The lowest BCUT2D eigenvalue weighted by atomic mass is 9.85. The predicted molar refractivity (Wildman–Crippen MR) is 87.2 cm³/mol. The predicted octanol–water partition coefficient (Wildman–Crippen LogP) is 3.42. The molecule has 2 atom stereocenters. The maximum atomic E-state index is 12.4. The van der Waals surface area contributed by atoms with Gasteiger partial charge < -0.3 is 10.0 Å². The van der Waals surface area contributed by atoms with Gasteiger partial charge in [-0.15, -0.1) is 11.3 Å². The summed E-state index contributed by atoms with van der Waals surface area (Å²) in [7, 11) is 0. The largest absolute Gasteiger partial charge is 0.481 e. The standard InChI is InChI=1S/C16H17NO3S2/c18-14-4-3-13(16(19)20)15(11-6-9-21-10-11)17(14)7-5-12-2-1-8-22-12/h1-2,6,8-10,13,15H,3-5,7H2,(H,19,20)/t13-,15-/m1/s1. The molecular formula is C16H17NO3S2. The highest BCUT2D eigenvalue weighted by Crippen LogP contribution is 2.38. The topological polar surface area (TPSA) is 57.6 Å². The molecule has 3 heterocycles. The third-order valence-corrected chi connectivity index (χ3v) is 5.73. The third kappa shape index (κ3) is 3.08. The number of carboxylic acids is 1. The number of piperidine rings is 1. The van der Waals surface area contributed by atoms with E-state index in [2.05, 4.69) is 0 Å². The second-order valence-electron chi connectivity index (χ2n) is 5.40. The number of thiophene rings is 2. The summed E-state index contributed by atoms with van der Waals surface area (Å²) < 4.78 is 0. The molecule has 1 aliphatic rings. The molecule has 0 unspecified atom stereocenters. The van der Waals surface area contributed by atoms with Gasteiger partial charge in [0.15, 0.2) is 0 Å². The van der Waals surface area contributed by atoms with Gasteiger partial charge in [-0.05, 0) is 46.7 Å². The normalized spacial score (nSPS) is 22.0. The number of likely N-dealkylation sites (tertiary alicyclic amines) is 1. The fourth-order valence-electron chi connectivity index (χ4n) is 3.02. The van der Waals surface area contributed by atoms with E-state index in [0.29, 0.717) is 19.4 Å². The average Bonchev–Trinajstić information content (AvgIpc) is 3.18. The summed E-state index contributed by atoms with van der Waals surface area (Å²) in [5.41, 5.74) is 0.941. The number of hydrogen-bond acceptors (Lipinski definition) is 4. The van der Waals surface area contributed by atoms with Crippen LogP contribution in [0.2, 0.25) is 0 Å². The van der Waals surface area contributed by atoms with E-state index in [-0.39, 0.29) is 11.9 Å². The molecule has 6 heteroatoms. The first-order valence-corrected chi connectivity index (χ1v) is 9.06. The molecule has 0 radical (unpaired) electrons. The van der Waals surface area contributed by atoms with Gasteiger partial charge in [0.2, 0.25) is 5.91 Å². The molecule has 1 amide bonds. The van der Waals surface area contributed by atoms with Crippen molar-refractivity contribution in [3.8, 4) is 0 Å². The number of carbonyl (C=O) groups excluding carboxylic acids is 1. The minimum Gasteiger partial charge on any atom is -0.481 e. The van der Waals surface area contributed by atoms with Crippen LogP contribution in [0.4, 0.5) is 0 Å². The van der Waals surface area contributed by atoms with Crippen LogP contribution >= 0.6 is 22.7 Å². The first-order chi connectivity index (χ1) is 10.7. The SMILES string of the molecule is O=C(O)[C@@H]1CCC(=O)N(CCc2cccs2)[C@@H]1c1ccsc1. The lowest BCUT2D eigenvalue weighted by Crippen LogP contribution is -2.46. The zero-order valence-corrected chi connectivity index (χ0v) is 13.6. The fraction of sp³-hybridized carbons (Fsp3) is 0.375. The summed E-state index contributed by atoms with van der Waals surface area (Å²) >= 11 is 3.20. The molecule has 3 rings (SSSR count). The number of carbonyl (C=O) groups is 2. The van der Waals surface area contributed by atoms with E-state index >= 15 is 0 Å². The van der Waals surface area contributed by atoms with Crippen molar-refractivity contribution in [1.82, 2.24) is 4.90 Å².